The Labute approximate surface area is 120 Å². The lowest BCUT2D eigenvalue weighted by atomic mass is 10.1. The van der Waals surface area contributed by atoms with Crippen LogP contribution in [0.4, 0.5) is 4.79 Å². The highest BCUT2D eigenvalue weighted by atomic mass is 16.8. The fraction of sp³-hybridized carbons (Fsp3) is 0.188. The zero-order valence-electron chi connectivity index (χ0n) is 11.2. The van der Waals surface area contributed by atoms with Gasteiger partial charge in [-0.1, -0.05) is 24.3 Å². The van der Waals surface area contributed by atoms with Crippen molar-refractivity contribution in [1.82, 2.24) is 4.98 Å². The zero-order chi connectivity index (χ0) is 14.2. The Morgan fingerprint density at radius 1 is 1.14 bits per heavy atom. The van der Waals surface area contributed by atoms with Crippen LogP contribution in [0.5, 0.6) is 5.75 Å². The van der Waals surface area contributed by atoms with E-state index in [1.165, 1.54) is 0 Å². The van der Waals surface area contributed by atoms with Gasteiger partial charge in [-0.25, -0.2) is 4.79 Å². The van der Waals surface area contributed by atoms with Crippen molar-refractivity contribution >= 4 is 28.0 Å². The van der Waals surface area contributed by atoms with E-state index in [1.54, 1.807) is 0 Å². The number of ether oxygens (including phenoxy) is 3. The average Bonchev–Trinajstić information content (AvgIpc) is 3.08. The molecule has 21 heavy (non-hydrogen) atoms. The molecule has 1 aliphatic heterocycles. The van der Waals surface area contributed by atoms with Crippen LogP contribution in [-0.4, -0.2) is 30.5 Å². The van der Waals surface area contributed by atoms with Crippen LogP contribution in [0.25, 0.3) is 21.8 Å². The maximum atomic E-state index is 10.9. The lowest BCUT2D eigenvalue weighted by Gasteiger charge is -2.10. The molecule has 1 fully saturated rings. The average molecular weight is 283 g/mol. The summed E-state index contributed by atoms with van der Waals surface area (Å²) in [6.07, 6.45) is -0.980. The highest BCUT2D eigenvalue weighted by Crippen LogP contribution is 2.33. The maximum Gasteiger partial charge on any atom is 0.508 e. The Morgan fingerprint density at radius 2 is 2.00 bits per heavy atom. The number of carbonyl (C=O) groups is 1. The SMILES string of the molecule is O=C1OCC(COc2cccc3[nH]c4ccccc4c23)O1. The van der Waals surface area contributed by atoms with Crippen molar-refractivity contribution in [3.63, 3.8) is 0 Å². The second-order valence-corrected chi connectivity index (χ2v) is 4.96. The van der Waals surface area contributed by atoms with Crippen molar-refractivity contribution < 1.29 is 19.0 Å². The molecule has 4 rings (SSSR count). The molecule has 0 amide bonds. The number of rotatable bonds is 3. The van der Waals surface area contributed by atoms with Gasteiger partial charge in [-0.05, 0) is 18.2 Å². The molecule has 106 valence electrons. The largest absolute Gasteiger partial charge is 0.508 e. The number of aromatic amines is 1. The van der Waals surface area contributed by atoms with Crippen molar-refractivity contribution in [2.24, 2.45) is 0 Å². The van der Waals surface area contributed by atoms with Gasteiger partial charge in [0, 0.05) is 16.3 Å². The molecule has 5 heteroatoms. The van der Waals surface area contributed by atoms with Crippen LogP contribution in [0.3, 0.4) is 0 Å². The van der Waals surface area contributed by atoms with E-state index in [-0.39, 0.29) is 19.3 Å². The quantitative estimate of drug-likeness (QED) is 0.750. The van der Waals surface area contributed by atoms with Gasteiger partial charge in [0.15, 0.2) is 6.10 Å². The molecule has 0 spiro atoms. The number of aromatic nitrogens is 1. The number of hydrogen-bond donors (Lipinski definition) is 1. The minimum Gasteiger partial charge on any atom is -0.489 e. The van der Waals surface area contributed by atoms with Crippen LogP contribution in [0.2, 0.25) is 0 Å². The predicted octanol–water partition coefficient (Wildman–Crippen LogP) is 3.24. The van der Waals surface area contributed by atoms with Crippen molar-refractivity contribution in [2.75, 3.05) is 13.2 Å². The molecule has 1 aromatic heterocycles. The fourth-order valence-corrected chi connectivity index (χ4v) is 2.62. The van der Waals surface area contributed by atoms with Crippen molar-refractivity contribution in [3.8, 4) is 5.75 Å². The second-order valence-electron chi connectivity index (χ2n) is 4.96. The van der Waals surface area contributed by atoms with E-state index in [1.807, 2.05) is 36.4 Å². The van der Waals surface area contributed by atoms with Gasteiger partial charge < -0.3 is 19.2 Å². The normalized spacial score (nSPS) is 17.9. The molecule has 0 bridgehead atoms. The van der Waals surface area contributed by atoms with Crippen LogP contribution >= 0.6 is 0 Å². The predicted molar refractivity (Wildman–Crippen MR) is 77.5 cm³/mol. The summed E-state index contributed by atoms with van der Waals surface area (Å²) in [6.45, 7) is 0.521. The second kappa shape index (κ2) is 4.70. The number of benzene rings is 2. The lowest BCUT2D eigenvalue weighted by molar-refractivity contribution is 0.0987. The topological polar surface area (TPSA) is 60.5 Å². The van der Waals surface area contributed by atoms with Crippen LogP contribution < -0.4 is 4.74 Å². The first-order valence-electron chi connectivity index (χ1n) is 6.77. The van der Waals surface area contributed by atoms with E-state index in [9.17, 15) is 4.79 Å². The van der Waals surface area contributed by atoms with Gasteiger partial charge in [-0.2, -0.15) is 0 Å². The van der Waals surface area contributed by atoms with Gasteiger partial charge in [-0.15, -0.1) is 0 Å². The zero-order valence-corrected chi connectivity index (χ0v) is 11.2. The van der Waals surface area contributed by atoms with Gasteiger partial charge in [0.2, 0.25) is 0 Å². The molecule has 5 nitrogen and oxygen atoms in total. The highest BCUT2D eigenvalue weighted by molar-refractivity contribution is 6.10. The smallest absolute Gasteiger partial charge is 0.489 e. The first kappa shape index (κ1) is 12.1. The van der Waals surface area contributed by atoms with Crippen LogP contribution in [0, 0.1) is 0 Å². The van der Waals surface area contributed by atoms with E-state index in [4.69, 9.17) is 14.2 Å². The molecule has 1 N–H and O–H groups in total. The first-order valence-corrected chi connectivity index (χ1v) is 6.77. The molecule has 0 saturated carbocycles. The summed E-state index contributed by atoms with van der Waals surface area (Å²) in [5.41, 5.74) is 2.09. The molecule has 0 radical (unpaired) electrons. The minimum atomic E-state index is -0.631. The molecule has 1 aliphatic rings. The summed E-state index contributed by atoms with van der Waals surface area (Å²) in [4.78, 5) is 14.3. The van der Waals surface area contributed by atoms with E-state index in [0.717, 1.165) is 27.6 Å². The van der Waals surface area contributed by atoms with Crippen molar-refractivity contribution in [1.29, 1.82) is 0 Å². The Morgan fingerprint density at radius 3 is 2.86 bits per heavy atom. The summed E-state index contributed by atoms with van der Waals surface area (Å²) in [6, 6.07) is 13.9. The number of H-pyrrole nitrogens is 1. The van der Waals surface area contributed by atoms with Gasteiger partial charge in [0.05, 0.1) is 5.52 Å². The number of cyclic esters (lactones) is 2. The molecule has 1 saturated heterocycles. The van der Waals surface area contributed by atoms with Crippen LogP contribution in [-0.2, 0) is 9.47 Å². The summed E-state index contributed by atoms with van der Waals surface area (Å²) < 4.78 is 15.6. The number of carbonyl (C=O) groups excluding carboxylic acids is 1. The maximum absolute atomic E-state index is 10.9. The Bertz CT molecular complexity index is 823. The summed E-state index contributed by atoms with van der Waals surface area (Å²) in [5.74, 6) is 0.771. The van der Waals surface area contributed by atoms with Crippen molar-refractivity contribution in [2.45, 2.75) is 6.10 Å². The molecule has 2 heterocycles. The third-order valence-electron chi connectivity index (χ3n) is 3.57. The van der Waals surface area contributed by atoms with E-state index < -0.39 is 6.16 Å². The monoisotopic (exact) mass is 283 g/mol. The van der Waals surface area contributed by atoms with Gasteiger partial charge >= 0.3 is 6.16 Å². The van der Waals surface area contributed by atoms with Crippen LogP contribution in [0.1, 0.15) is 0 Å². The van der Waals surface area contributed by atoms with Crippen molar-refractivity contribution in [3.05, 3.63) is 42.5 Å². The highest BCUT2D eigenvalue weighted by Gasteiger charge is 2.25. The third kappa shape index (κ3) is 2.07. The number of fused-ring (bicyclic) bond motifs is 3. The fourth-order valence-electron chi connectivity index (χ4n) is 2.62. The third-order valence-corrected chi connectivity index (χ3v) is 3.57. The molecule has 3 aromatic rings. The molecule has 0 aliphatic carbocycles. The Hall–Kier alpha value is -2.69. The molecular weight excluding hydrogens is 270 g/mol. The first-order chi connectivity index (χ1) is 10.3. The summed E-state index contributed by atoms with van der Waals surface area (Å²) in [7, 11) is 0. The molecular formula is C16H13NO4. The standard InChI is InChI=1S/C16H13NO4/c18-16-20-9-10(21-16)8-19-14-7-3-6-13-15(14)11-4-1-2-5-12(11)17-13/h1-7,10,17H,8-9H2. The van der Waals surface area contributed by atoms with Gasteiger partial charge in [-0.3, -0.25) is 0 Å². The van der Waals surface area contributed by atoms with Gasteiger partial charge in [0.1, 0.15) is 19.0 Å². The van der Waals surface area contributed by atoms with Crippen LogP contribution in [0.15, 0.2) is 42.5 Å². The number of para-hydroxylation sites is 1. The minimum absolute atomic E-state index is 0.239. The molecule has 1 unspecified atom stereocenters. The molecule has 2 aromatic carbocycles. The Kier molecular flexibility index (Phi) is 2.70. The van der Waals surface area contributed by atoms with Gasteiger partial charge in [0.25, 0.3) is 0 Å². The lowest BCUT2D eigenvalue weighted by Crippen LogP contribution is -2.20. The summed E-state index contributed by atoms with van der Waals surface area (Å²) in [5, 5.41) is 2.15. The van der Waals surface area contributed by atoms with E-state index in [2.05, 4.69) is 11.1 Å². The Balaban J connectivity index is 1.69. The van der Waals surface area contributed by atoms with E-state index >= 15 is 0 Å². The summed E-state index contributed by atoms with van der Waals surface area (Å²) >= 11 is 0. The molecule has 1 atom stereocenters. The number of hydrogen-bond acceptors (Lipinski definition) is 4. The number of nitrogens with one attached hydrogen (secondary N) is 1. The van der Waals surface area contributed by atoms with E-state index in [0.29, 0.717) is 0 Å².